The minimum atomic E-state index is -4.30. The van der Waals surface area contributed by atoms with Crippen LogP contribution in [-0.2, 0) is 18.4 Å². The van der Waals surface area contributed by atoms with Crippen LogP contribution in [0.25, 0.3) is 0 Å². The van der Waals surface area contributed by atoms with E-state index in [9.17, 15) is 19.4 Å². The molecule has 0 aromatic heterocycles. The number of phosphoric ester groups is 1. The second kappa shape index (κ2) is 28.2. The lowest BCUT2D eigenvalue weighted by Crippen LogP contribution is -2.45. The number of carbonyl (C=O) groups is 1. The number of quaternary nitrogens is 1. The van der Waals surface area contributed by atoms with Gasteiger partial charge >= 0.3 is 7.82 Å². The highest BCUT2D eigenvalue weighted by Gasteiger charge is 2.27. The van der Waals surface area contributed by atoms with Crippen LogP contribution < -0.4 is 5.32 Å². The minimum Gasteiger partial charge on any atom is -0.387 e. The van der Waals surface area contributed by atoms with E-state index in [1.54, 1.807) is 6.08 Å². The Labute approximate surface area is 271 Å². The average Bonchev–Trinajstić information content (AvgIpc) is 2.95. The molecule has 8 nitrogen and oxygen atoms in total. The molecule has 44 heavy (non-hydrogen) atoms. The van der Waals surface area contributed by atoms with Gasteiger partial charge in [0, 0.05) is 6.42 Å². The molecule has 9 heteroatoms. The summed E-state index contributed by atoms with van der Waals surface area (Å²) < 4.78 is 23.1. The summed E-state index contributed by atoms with van der Waals surface area (Å²) in [5.74, 6) is -0.193. The fourth-order valence-electron chi connectivity index (χ4n) is 4.75. The Morgan fingerprint density at radius 2 is 1.27 bits per heavy atom. The maximum Gasteiger partial charge on any atom is 0.472 e. The molecule has 0 saturated carbocycles. The molecule has 0 aromatic rings. The average molecular weight is 646 g/mol. The fourth-order valence-corrected chi connectivity index (χ4v) is 5.48. The van der Waals surface area contributed by atoms with E-state index in [1.807, 2.05) is 34.1 Å². The molecule has 0 aromatic carbocycles. The standard InChI is InChI=1S/C35H69N2O6P/c1-6-8-10-11-12-13-14-15-16-17-18-19-20-21-22-23-24-25-27-29-35(39)36-33(34(38)28-26-9-7-2)32-43-44(40,41)42-31-30-37(3,4)5/h15-16,26,28,33-34,38H,6-14,17-25,27,29-32H2,1-5H3,(H-,36,39,40,41)/p+1/b16-15-,28-26+. The first-order valence-electron chi connectivity index (χ1n) is 17.7. The number of hydrogen-bond donors (Lipinski definition) is 3. The number of likely N-dealkylation sites (N-methyl/N-ethyl adjacent to an activating group) is 1. The Morgan fingerprint density at radius 3 is 1.80 bits per heavy atom. The smallest absolute Gasteiger partial charge is 0.387 e. The first-order valence-corrected chi connectivity index (χ1v) is 19.2. The number of amides is 1. The number of allylic oxidation sites excluding steroid dienone is 3. The van der Waals surface area contributed by atoms with Crippen LogP contribution in [-0.4, -0.2) is 73.4 Å². The number of carbonyl (C=O) groups excluding carboxylic acids is 1. The lowest BCUT2D eigenvalue weighted by atomic mass is 10.0. The zero-order chi connectivity index (χ0) is 32.9. The molecule has 0 radical (unpaired) electrons. The second-order valence-electron chi connectivity index (χ2n) is 13.2. The van der Waals surface area contributed by atoms with Crippen molar-refractivity contribution >= 4 is 13.7 Å². The highest BCUT2D eigenvalue weighted by molar-refractivity contribution is 7.47. The first kappa shape index (κ1) is 43.0. The van der Waals surface area contributed by atoms with E-state index >= 15 is 0 Å². The number of nitrogens with one attached hydrogen (secondary N) is 1. The van der Waals surface area contributed by atoms with Crippen molar-refractivity contribution < 1.29 is 32.9 Å². The Bertz CT molecular complexity index is 784. The van der Waals surface area contributed by atoms with Crippen molar-refractivity contribution in [2.24, 2.45) is 0 Å². The number of aliphatic hydroxyl groups excluding tert-OH is 1. The lowest BCUT2D eigenvalue weighted by Gasteiger charge is -2.25. The molecule has 0 bridgehead atoms. The predicted molar refractivity (Wildman–Crippen MR) is 185 cm³/mol. The Balaban J connectivity index is 4.09. The predicted octanol–water partition coefficient (Wildman–Crippen LogP) is 8.63. The number of nitrogens with zero attached hydrogens (tertiary/aromatic N) is 1. The second-order valence-corrected chi connectivity index (χ2v) is 14.7. The van der Waals surface area contributed by atoms with Gasteiger partial charge < -0.3 is 19.8 Å². The number of phosphoric acid groups is 1. The summed E-state index contributed by atoms with van der Waals surface area (Å²) in [7, 11) is 1.56. The van der Waals surface area contributed by atoms with Crippen molar-refractivity contribution in [3.05, 3.63) is 24.3 Å². The maximum absolute atomic E-state index is 12.6. The van der Waals surface area contributed by atoms with Gasteiger partial charge in [-0.3, -0.25) is 13.8 Å². The summed E-state index contributed by atoms with van der Waals surface area (Å²) in [6.45, 7) is 4.57. The van der Waals surface area contributed by atoms with Crippen LogP contribution in [0.1, 0.15) is 142 Å². The number of hydrogen-bond acceptors (Lipinski definition) is 5. The van der Waals surface area contributed by atoms with Gasteiger partial charge in [0.1, 0.15) is 13.2 Å². The van der Waals surface area contributed by atoms with Gasteiger partial charge in [-0.05, 0) is 38.5 Å². The van der Waals surface area contributed by atoms with Gasteiger partial charge in [0.25, 0.3) is 0 Å². The van der Waals surface area contributed by atoms with Gasteiger partial charge in [0.05, 0.1) is 39.9 Å². The van der Waals surface area contributed by atoms with E-state index in [-0.39, 0.29) is 19.1 Å². The van der Waals surface area contributed by atoms with Crippen LogP contribution in [0.2, 0.25) is 0 Å². The molecule has 0 fully saturated rings. The molecule has 3 atom stereocenters. The molecular formula is C35H70N2O6P+. The van der Waals surface area contributed by atoms with Crippen molar-refractivity contribution in [2.45, 2.75) is 154 Å². The van der Waals surface area contributed by atoms with Crippen molar-refractivity contribution in [1.29, 1.82) is 0 Å². The van der Waals surface area contributed by atoms with E-state index in [2.05, 4.69) is 24.4 Å². The van der Waals surface area contributed by atoms with E-state index in [0.29, 0.717) is 17.4 Å². The van der Waals surface area contributed by atoms with Gasteiger partial charge in [0.15, 0.2) is 0 Å². The Morgan fingerprint density at radius 1 is 0.750 bits per heavy atom. The van der Waals surface area contributed by atoms with Crippen LogP contribution >= 0.6 is 7.82 Å². The van der Waals surface area contributed by atoms with Crippen molar-refractivity contribution in [1.82, 2.24) is 5.32 Å². The molecule has 0 spiro atoms. The molecule has 3 unspecified atom stereocenters. The largest absolute Gasteiger partial charge is 0.472 e. The number of unbranched alkanes of at least 4 members (excludes halogenated alkanes) is 16. The molecule has 0 aliphatic heterocycles. The first-order chi connectivity index (χ1) is 21.0. The summed E-state index contributed by atoms with van der Waals surface area (Å²) in [5.41, 5.74) is 0. The van der Waals surface area contributed by atoms with Crippen molar-refractivity contribution in [3.8, 4) is 0 Å². The van der Waals surface area contributed by atoms with Gasteiger partial charge in [-0.1, -0.05) is 122 Å². The summed E-state index contributed by atoms with van der Waals surface area (Å²) in [6.07, 6.45) is 30.4. The molecule has 1 amide bonds. The molecule has 0 heterocycles. The van der Waals surface area contributed by atoms with Gasteiger partial charge in [0.2, 0.25) is 5.91 Å². The molecule has 0 aliphatic carbocycles. The summed E-state index contributed by atoms with van der Waals surface area (Å²) in [4.78, 5) is 22.7. The summed E-state index contributed by atoms with van der Waals surface area (Å²) in [6, 6.07) is -0.839. The van der Waals surface area contributed by atoms with E-state index in [4.69, 9.17) is 9.05 Å². The van der Waals surface area contributed by atoms with Crippen LogP contribution in [0.4, 0.5) is 0 Å². The molecular weight excluding hydrogens is 575 g/mol. The maximum atomic E-state index is 12.6. The Kier molecular flexibility index (Phi) is 27.6. The van der Waals surface area contributed by atoms with Crippen LogP contribution in [0, 0.1) is 0 Å². The molecule has 0 saturated heterocycles. The molecule has 0 aliphatic rings. The zero-order valence-electron chi connectivity index (χ0n) is 29.1. The third-order valence-corrected chi connectivity index (χ3v) is 8.63. The normalized spacial score (nSPS) is 15.2. The van der Waals surface area contributed by atoms with Gasteiger partial charge in [-0.2, -0.15) is 0 Å². The highest BCUT2D eigenvalue weighted by atomic mass is 31.2. The fraction of sp³-hybridized carbons (Fsp3) is 0.857. The van der Waals surface area contributed by atoms with Crippen LogP contribution in [0.5, 0.6) is 0 Å². The van der Waals surface area contributed by atoms with Gasteiger partial charge in [-0.15, -0.1) is 0 Å². The molecule has 260 valence electrons. The lowest BCUT2D eigenvalue weighted by molar-refractivity contribution is -0.870. The minimum absolute atomic E-state index is 0.0598. The number of aliphatic hydroxyl groups is 1. The quantitative estimate of drug-likeness (QED) is 0.0302. The SMILES string of the molecule is CCC/C=C/C(O)C(COP(=O)(O)OCC[N+](C)(C)C)NC(=O)CCCCCCCCCCC/C=C\CCCCCCCC. The van der Waals surface area contributed by atoms with Crippen LogP contribution in [0.3, 0.4) is 0 Å². The van der Waals surface area contributed by atoms with E-state index < -0.39 is 20.0 Å². The molecule has 0 rings (SSSR count). The monoisotopic (exact) mass is 645 g/mol. The zero-order valence-corrected chi connectivity index (χ0v) is 30.0. The summed E-state index contributed by atoms with van der Waals surface area (Å²) >= 11 is 0. The third kappa shape index (κ3) is 29.7. The van der Waals surface area contributed by atoms with Crippen molar-refractivity contribution in [2.75, 3.05) is 40.9 Å². The molecule has 3 N–H and O–H groups in total. The number of rotatable bonds is 31. The topological polar surface area (TPSA) is 105 Å². The van der Waals surface area contributed by atoms with Crippen molar-refractivity contribution in [3.63, 3.8) is 0 Å². The summed E-state index contributed by atoms with van der Waals surface area (Å²) in [5, 5.41) is 13.4. The Hall–Kier alpha value is -1.02. The van der Waals surface area contributed by atoms with E-state index in [1.165, 1.54) is 89.9 Å². The van der Waals surface area contributed by atoms with Crippen LogP contribution in [0.15, 0.2) is 24.3 Å². The third-order valence-electron chi connectivity index (χ3n) is 7.65. The van der Waals surface area contributed by atoms with Gasteiger partial charge in [-0.25, -0.2) is 4.57 Å². The van der Waals surface area contributed by atoms with E-state index in [0.717, 1.165) is 32.1 Å². The highest BCUT2D eigenvalue weighted by Crippen LogP contribution is 2.43.